The van der Waals surface area contributed by atoms with Gasteiger partial charge in [0.1, 0.15) is 10.6 Å². The lowest BCUT2D eigenvalue weighted by Gasteiger charge is -2.16. The third-order valence-corrected chi connectivity index (χ3v) is 8.52. The van der Waals surface area contributed by atoms with E-state index < -0.39 is 0 Å². The molecule has 0 N–H and O–H groups in total. The van der Waals surface area contributed by atoms with E-state index in [1.54, 1.807) is 23.1 Å². The molecule has 2 aromatic carbocycles. The maximum atomic E-state index is 13.9. The van der Waals surface area contributed by atoms with Crippen molar-refractivity contribution in [2.75, 3.05) is 12.4 Å². The van der Waals surface area contributed by atoms with E-state index in [4.69, 9.17) is 9.72 Å². The van der Waals surface area contributed by atoms with Crippen molar-refractivity contribution in [3.8, 4) is 11.4 Å². The molecule has 4 aromatic rings. The zero-order valence-corrected chi connectivity index (χ0v) is 21.9. The molecule has 0 amide bonds. The number of aryl methyl sites for hydroxylation is 4. The molecule has 0 atom stereocenters. The van der Waals surface area contributed by atoms with Crippen LogP contribution in [0.15, 0.2) is 56.9 Å². The van der Waals surface area contributed by atoms with E-state index in [-0.39, 0.29) is 5.56 Å². The highest BCUT2D eigenvalue weighted by molar-refractivity contribution is 9.10. The number of halogens is 1. The van der Waals surface area contributed by atoms with Crippen LogP contribution in [0.3, 0.4) is 0 Å². The van der Waals surface area contributed by atoms with Gasteiger partial charge in [0, 0.05) is 15.1 Å². The summed E-state index contributed by atoms with van der Waals surface area (Å²) in [7, 11) is 0. The maximum absolute atomic E-state index is 13.9. The minimum Gasteiger partial charge on any atom is -0.493 e. The maximum Gasteiger partial charge on any atom is 0.267 e. The first-order valence-electron chi connectivity index (χ1n) is 11.2. The molecule has 4 nitrogen and oxygen atoms in total. The molecule has 33 heavy (non-hydrogen) atoms. The topological polar surface area (TPSA) is 44.1 Å². The van der Waals surface area contributed by atoms with Crippen LogP contribution in [0.5, 0.6) is 5.75 Å². The van der Waals surface area contributed by atoms with Crippen molar-refractivity contribution in [2.45, 2.75) is 44.7 Å². The van der Waals surface area contributed by atoms with Gasteiger partial charge in [-0.05, 0) is 80.5 Å². The monoisotopic (exact) mass is 540 g/mol. The lowest BCUT2D eigenvalue weighted by atomic mass is 9.97. The third kappa shape index (κ3) is 4.63. The molecule has 0 aliphatic heterocycles. The van der Waals surface area contributed by atoms with Gasteiger partial charge in [0.15, 0.2) is 5.16 Å². The summed E-state index contributed by atoms with van der Waals surface area (Å²) in [4.78, 5) is 21.2. The predicted molar refractivity (Wildman–Crippen MR) is 142 cm³/mol. The second kappa shape index (κ2) is 9.65. The molecule has 1 aliphatic carbocycles. The Hall–Kier alpha value is -2.09. The Morgan fingerprint density at radius 3 is 2.85 bits per heavy atom. The molecular weight excluding hydrogens is 516 g/mol. The first kappa shape index (κ1) is 22.7. The molecular formula is C26H25BrN2O2S2. The summed E-state index contributed by atoms with van der Waals surface area (Å²) in [6, 6.07) is 14.1. The van der Waals surface area contributed by atoms with Gasteiger partial charge in [-0.15, -0.1) is 11.3 Å². The average molecular weight is 542 g/mol. The van der Waals surface area contributed by atoms with E-state index in [9.17, 15) is 4.79 Å². The molecule has 0 radical (unpaired) electrons. The Morgan fingerprint density at radius 2 is 2.00 bits per heavy atom. The number of hydrogen-bond donors (Lipinski definition) is 0. The smallest absolute Gasteiger partial charge is 0.267 e. The normalized spacial score (nSPS) is 13.3. The molecule has 0 spiro atoms. The second-order valence-electron chi connectivity index (χ2n) is 8.37. The van der Waals surface area contributed by atoms with Gasteiger partial charge < -0.3 is 4.74 Å². The zero-order valence-electron chi connectivity index (χ0n) is 18.7. The standard InChI is InChI=1S/C26H25BrN2O2S2/c1-16-10-11-17(2)21(14-16)29-25(30)23-20-8-3-4-9-22(20)33-24(23)28-26(29)32-13-12-31-19-7-5-6-18(27)15-19/h5-7,10-11,14-15H,3-4,8-9,12-13H2,1-2H3. The molecule has 0 saturated heterocycles. The summed E-state index contributed by atoms with van der Waals surface area (Å²) in [6.45, 7) is 4.65. The lowest BCUT2D eigenvalue weighted by molar-refractivity contribution is 0.343. The minimum absolute atomic E-state index is 0.0588. The van der Waals surface area contributed by atoms with Crippen LogP contribution in [0.1, 0.15) is 34.4 Å². The van der Waals surface area contributed by atoms with Crippen LogP contribution >= 0.6 is 39.0 Å². The Balaban J connectivity index is 1.53. The fourth-order valence-electron chi connectivity index (χ4n) is 4.31. The SMILES string of the molecule is Cc1ccc(C)c(-n2c(SCCOc3cccc(Br)c3)nc3sc4c(c3c2=O)CCCC4)c1. The molecule has 0 bridgehead atoms. The van der Waals surface area contributed by atoms with Crippen LogP contribution in [0.2, 0.25) is 0 Å². The molecule has 0 saturated carbocycles. The Morgan fingerprint density at radius 1 is 1.15 bits per heavy atom. The molecule has 1 aliphatic rings. The molecule has 5 rings (SSSR count). The molecule has 0 unspecified atom stereocenters. The van der Waals surface area contributed by atoms with Gasteiger partial charge in [-0.3, -0.25) is 9.36 Å². The van der Waals surface area contributed by atoms with Gasteiger partial charge >= 0.3 is 0 Å². The van der Waals surface area contributed by atoms with Crippen molar-refractivity contribution in [2.24, 2.45) is 0 Å². The number of rotatable bonds is 6. The number of ether oxygens (including phenoxy) is 1. The van der Waals surface area contributed by atoms with Crippen molar-refractivity contribution in [3.05, 3.63) is 78.9 Å². The van der Waals surface area contributed by atoms with Crippen LogP contribution in [-0.4, -0.2) is 21.9 Å². The number of thiophene rings is 1. The predicted octanol–water partition coefficient (Wildman–Crippen LogP) is 6.88. The van der Waals surface area contributed by atoms with E-state index in [1.165, 1.54) is 16.9 Å². The van der Waals surface area contributed by atoms with Gasteiger partial charge in [0.25, 0.3) is 5.56 Å². The van der Waals surface area contributed by atoms with Crippen LogP contribution in [0.25, 0.3) is 15.9 Å². The quantitative estimate of drug-likeness (QED) is 0.152. The summed E-state index contributed by atoms with van der Waals surface area (Å²) in [5.74, 6) is 1.52. The number of hydrogen-bond acceptors (Lipinski definition) is 5. The summed E-state index contributed by atoms with van der Waals surface area (Å²) in [5.41, 5.74) is 4.40. The van der Waals surface area contributed by atoms with E-state index in [1.807, 2.05) is 28.8 Å². The van der Waals surface area contributed by atoms with Crippen molar-refractivity contribution in [1.29, 1.82) is 0 Å². The summed E-state index contributed by atoms with van der Waals surface area (Å²) < 4.78 is 8.74. The third-order valence-electron chi connectivity index (χ3n) is 5.94. The molecule has 170 valence electrons. The highest BCUT2D eigenvalue weighted by Crippen LogP contribution is 2.35. The van der Waals surface area contributed by atoms with E-state index >= 15 is 0 Å². The molecule has 2 aromatic heterocycles. The highest BCUT2D eigenvalue weighted by Gasteiger charge is 2.23. The Labute approximate surface area is 210 Å². The van der Waals surface area contributed by atoms with Gasteiger partial charge in [-0.1, -0.05) is 45.9 Å². The molecule has 7 heteroatoms. The first-order valence-corrected chi connectivity index (χ1v) is 13.8. The zero-order chi connectivity index (χ0) is 22.9. The molecule has 2 heterocycles. The number of benzene rings is 2. The largest absolute Gasteiger partial charge is 0.493 e. The van der Waals surface area contributed by atoms with E-state index in [2.05, 4.69) is 48.0 Å². The fraction of sp³-hybridized carbons (Fsp3) is 0.308. The van der Waals surface area contributed by atoms with Crippen LogP contribution in [0.4, 0.5) is 0 Å². The van der Waals surface area contributed by atoms with Crippen molar-refractivity contribution in [1.82, 2.24) is 9.55 Å². The van der Waals surface area contributed by atoms with Gasteiger partial charge in [0.2, 0.25) is 0 Å². The summed E-state index contributed by atoms with van der Waals surface area (Å²) in [6.07, 6.45) is 4.37. The van der Waals surface area contributed by atoms with Crippen molar-refractivity contribution < 1.29 is 4.74 Å². The first-order chi connectivity index (χ1) is 16.0. The van der Waals surface area contributed by atoms with Gasteiger partial charge in [-0.2, -0.15) is 0 Å². The van der Waals surface area contributed by atoms with Crippen LogP contribution in [0, 0.1) is 13.8 Å². The number of thioether (sulfide) groups is 1. The molecule has 0 fully saturated rings. The van der Waals surface area contributed by atoms with Crippen molar-refractivity contribution in [3.63, 3.8) is 0 Å². The van der Waals surface area contributed by atoms with Crippen molar-refractivity contribution >= 4 is 49.2 Å². The van der Waals surface area contributed by atoms with Crippen LogP contribution in [-0.2, 0) is 12.8 Å². The Bertz CT molecular complexity index is 1390. The van der Waals surface area contributed by atoms with Gasteiger partial charge in [-0.25, -0.2) is 4.98 Å². The number of fused-ring (bicyclic) bond motifs is 3. The number of aromatic nitrogens is 2. The summed E-state index contributed by atoms with van der Waals surface area (Å²) in [5, 5.41) is 1.56. The highest BCUT2D eigenvalue weighted by atomic mass is 79.9. The average Bonchev–Trinajstić information content (AvgIpc) is 3.17. The Kier molecular flexibility index (Phi) is 6.63. The van der Waals surface area contributed by atoms with E-state index in [0.29, 0.717) is 12.4 Å². The van der Waals surface area contributed by atoms with Gasteiger partial charge in [0.05, 0.1) is 17.7 Å². The minimum atomic E-state index is 0.0588. The van der Waals surface area contributed by atoms with Crippen LogP contribution < -0.4 is 10.3 Å². The summed E-state index contributed by atoms with van der Waals surface area (Å²) >= 11 is 6.76. The number of nitrogens with zero attached hydrogens (tertiary/aromatic N) is 2. The fourth-order valence-corrected chi connectivity index (χ4v) is 6.81. The second-order valence-corrected chi connectivity index (χ2v) is 11.4. The van der Waals surface area contributed by atoms with E-state index in [0.717, 1.165) is 61.7 Å². The lowest BCUT2D eigenvalue weighted by Crippen LogP contribution is -2.23.